The Balaban J connectivity index is 1.77. The van der Waals surface area contributed by atoms with Gasteiger partial charge in [-0.1, -0.05) is 11.6 Å². The first-order chi connectivity index (χ1) is 16.2. The highest BCUT2D eigenvalue weighted by atomic mass is 35.5. The Labute approximate surface area is 192 Å². The Morgan fingerprint density at radius 1 is 1.21 bits per heavy atom. The van der Waals surface area contributed by atoms with Gasteiger partial charge in [-0.3, -0.25) is 14.2 Å². The fraction of sp³-hybridized carbons (Fsp3) is 0.100. The van der Waals surface area contributed by atoms with E-state index in [1.54, 1.807) is 12.1 Å². The van der Waals surface area contributed by atoms with Gasteiger partial charge in [0.25, 0.3) is 11.1 Å². The number of ether oxygens (including phenoxy) is 1. The minimum absolute atomic E-state index is 0.0175. The number of halogens is 4. The predicted molar refractivity (Wildman–Crippen MR) is 111 cm³/mol. The van der Waals surface area contributed by atoms with Gasteiger partial charge in [0.15, 0.2) is 5.69 Å². The highest BCUT2D eigenvalue weighted by molar-refractivity contribution is 6.30. The van der Waals surface area contributed by atoms with Crippen molar-refractivity contribution in [1.29, 1.82) is 5.26 Å². The second-order valence-corrected chi connectivity index (χ2v) is 7.20. The van der Waals surface area contributed by atoms with Gasteiger partial charge >= 0.3 is 6.18 Å². The highest BCUT2D eigenvalue weighted by Gasteiger charge is 2.38. The van der Waals surface area contributed by atoms with Crippen LogP contribution in [0.15, 0.2) is 58.6 Å². The summed E-state index contributed by atoms with van der Waals surface area (Å²) >= 11 is 5.88. The van der Waals surface area contributed by atoms with E-state index in [-0.39, 0.29) is 34.3 Å². The number of aromatic nitrogens is 6. The lowest BCUT2D eigenvalue weighted by molar-refractivity contribution is -0.142. The van der Waals surface area contributed by atoms with Crippen LogP contribution in [0.25, 0.3) is 5.69 Å². The SMILES string of the molecule is N#Cc1cc(Cl)cc(Oc2c(C(F)(F)F)ncn(Cc3cc(-n4cccn4)c(=O)[nH]n3)c2=O)c1. The number of nitrogens with one attached hydrogen (secondary N) is 1. The summed E-state index contributed by atoms with van der Waals surface area (Å²) in [5, 5.41) is 19.1. The van der Waals surface area contributed by atoms with Gasteiger partial charge in [-0.25, -0.2) is 14.8 Å². The Hall–Kier alpha value is -4.44. The van der Waals surface area contributed by atoms with Crippen molar-refractivity contribution in [2.24, 2.45) is 0 Å². The molecule has 0 spiro atoms. The van der Waals surface area contributed by atoms with E-state index in [9.17, 15) is 22.8 Å². The lowest BCUT2D eigenvalue weighted by atomic mass is 10.2. The van der Waals surface area contributed by atoms with Gasteiger partial charge < -0.3 is 4.74 Å². The van der Waals surface area contributed by atoms with E-state index < -0.39 is 28.7 Å². The molecule has 0 aliphatic rings. The Bertz CT molecular complexity index is 1520. The van der Waals surface area contributed by atoms with Gasteiger partial charge in [-0.05, 0) is 30.3 Å². The summed E-state index contributed by atoms with van der Waals surface area (Å²) in [6, 6.07) is 8.26. The first kappa shape index (κ1) is 22.7. The standard InChI is InChI=1S/C20H11ClF3N7O3/c21-12-4-11(8-25)5-14(6-12)34-16-17(20(22,23)24)26-10-30(19(16)33)9-13-7-15(18(32)29-28-13)31-3-1-2-27-31/h1-7,10H,9H2,(H,29,32). The van der Waals surface area contributed by atoms with E-state index in [0.29, 0.717) is 6.33 Å². The van der Waals surface area contributed by atoms with Crippen molar-refractivity contribution in [2.75, 3.05) is 0 Å². The van der Waals surface area contributed by atoms with Crippen LogP contribution in [-0.4, -0.2) is 29.5 Å². The molecule has 14 heteroatoms. The van der Waals surface area contributed by atoms with Gasteiger partial charge in [-0.2, -0.15) is 28.6 Å². The van der Waals surface area contributed by atoms with Crippen molar-refractivity contribution < 1.29 is 17.9 Å². The zero-order chi connectivity index (χ0) is 24.5. The summed E-state index contributed by atoms with van der Waals surface area (Å²) in [6.45, 7) is -0.343. The van der Waals surface area contributed by atoms with E-state index >= 15 is 0 Å². The third kappa shape index (κ3) is 4.66. The molecule has 1 N–H and O–H groups in total. The molecule has 4 aromatic rings. The molecule has 0 radical (unpaired) electrons. The molecule has 0 aliphatic carbocycles. The van der Waals surface area contributed by atoms with Crippen molar-refractivity contribution in [2.45, 2.75) is 12.7 Å². The summed E-state index contributed by atoms with van der Waals surface area (Å²) in [7, 11) is 0. The van der Waals surface area contributed by atoms with Gasteiger partial charge in [0.05, 0.1) is 30.2 Å². The first-order valence-corrected chi connectivity index (χ1v) is 9.67. The summed E-state index contributed by atoms with van der Waals surface area (Å²) in [5.74, 6) is -1.37. The molecule has 172 valence electrons. The Morgan fingerprint density at radius 3 is 2.68 bits per heavy atom. The first-order valence-electron chi connectivity index (χ1n) is 9.29. The summed E-state index contributed by atoms with van der Waals surface area (Å²) in [5.41, 5.74) is -3.06. The van der Waals surface area contributed by atoms with E-state index in [1.165, 1.54) is 29.2 Å². The number of H-pyrrole nitrogens is 1. The number of nitriles is 1. The third-order valence-corrected chi connectivity index (χ3v) is 4.62. The van der Waals surface area contributed by atoms with Crippen molar-refractivity contribution >= 4 is 11.6 Å². The number of aromatic amines is 1. The van der Waals surface area contributed by atoms with Gasteiger partial charge in [0.1, 0.15) is 11.4 Å². The zero-order valence-electron chi connectivity index (χ0n) is 16.7. The van der Waals surface area contributed by atoms with Crippen LogP contribution < -0.4 is 15.9 Å². The summed E-state index contributed by atoms with van der Waals surface area (Å²) < 4.78 is 47.9. The second-order valence-electron chi connectivity index (χ2n) is 6.77. The molecular weight excluding hydrogens is 479 g/mol. The Kier molecular flexibility index (Phi) is 5.91. The molecule has 0 amide bonds. The van der Waals surface area contributed by atoms with E-state index in [2.05, 4.69) is 20.3 Å². The lowest BCUT2D eigenvalue weighted by Crippen LogP contribution is -2.27. The van der Waals surface area contributed by atoms with Crippen molar-refractivity contribution in [3.05, 3.63) is 91.7 Å². The summed E-state index contributed by atoms with van der Waals surface area (Å²) in [6.07, 6.45) is -1.36. The van der Waals surface area contributed by atoms with Crippen LogP contribution in [0, 0.1) is 11.3 Å². The molecule has 0 saturated carbocycles. The zero-order valence-corrected chi connectivity index (χ0v) is 17.5. The Morgan fingerprint density at radius 2 is 2.00 bits per heavy atom. The molecular formula is C20H11ClF3N7O3. The number of hydrogen-bond donors (Lipinski definition) is 1. The molecule has 3 heterocycles. The van der Waals surface area contributed by atoms with Crippen molar-refractivity contribution in [3.8, 4) is 23.3 Å². The smallest absolute Gasteiger partial charge is 0.437 e. The molecule has 0 aliphatic heterocycles. The number of benzene rings is 1. The molecule has 10 nitrogen and oxygen atoms in total. The molecule has 0 saturated heterocycles. The molecule has 0 bridgehead atoms. The quantitative estimate of drug-likeness (QED) is 0.456. The van der Waals surface area contributed by atoms with Crippen LogP contribution in [0.2, 0.25) is 5.02 Å². The molecule has 1 aromatic carbocycles. The fourth-order valence-electron chi connectivity index (χ4n) is 2.95. The summed E-state index contributed by atoms with van der Waals surface area (Å²) in [4.78, 5) is 28.3. The molecule has 3 aromatic heterocycles. The average Bonchev–Trinajstić information content (AvgIpc) is 3.31. The highest BCUT2D eigenvalue weighted by Crippen LogP contribution is 2.35. The largest absolute Gasteiger partial charge is 0.449 e. The lowest BCUT2D eigenvalue weighted by Gasteiger charge is -2.15. The van der Waals surface area contributed by atoms with Gasteiger partial charge in [-0.15, -0.1) is 0 Å². The molecule has 0 fully saturated rings. The van der Waals surface area contributed by atoms with Crippen LogP contribution in [-0.2, 0) is 12.7 Å². The maximum atomic E-state index is 13.5. The van der Waals surface area contributed by atoms with Crippen LogP contribution >= 0.6 is 11.6 Å². The number of alkyl halides is 3. The van der Waals surface area contributed by atoms with E-state index in [4.69, 9.17) is 21.6 Å². The van der Waals surface area contributed by atoms with E-state index in [1.807, 2.05) is 0 Å². The van der Waals surface area contributed by atoms with Gasteiger partial charge in [0.2, 0.25) is 5.75 Å². The minimum Gasteiger partial charge on any atom is -0.449 e. The molecule has 0 atom stereocenters. The predicted octanol–water partition coefficient (Wildman–Crippen LogP) is 2.90. The van der Waals surface area contributed by atoms with Crippen molar-refractivity contribution in [1.82, 2.24) is 29.5 Å². The van der Waals surface area contributed by atoms with Gasteiger partial charge in [0, 0.05) is 17.4 Å². The maximum Gasteiger partial charge on any atom is 0.437 e. The topological polar surface area (TPSA) is 131 Å². The van der Waals surface area contributed by atoms with Crippen LogP contribution in [0.1, 0.15) is 17.0 Å². The number of nitrogens with zero attached hydrogens (tertiary/aromatic N) is 6. The third-order valence-electron chi connectivity index (χ3n) is 4.41. The number of rotatable bonds is 5. The number of hydrogen-bond acceptors (Lipinski definition) is 7. The molecule has 34 heavy (non-hydrogen) atoms. The maximum absolute atomic E-state index is 13.5. The van der Waals surface area contributed by atoms with Crippen LogP contribution in [0.3, 0.4) is 0 Å². The van der Waals surface area contributed by atoms with E-state index in [0.717, 1.165) is 16.7 Å². The average molecular weight is 490 g/mol. The van der Waals surface area contributed by atoms with Crippen LogP contribution in [0.4, 0.5) is 13.2 Å². The van der Waals surface area contributed by atoms with Crippen molar-refractivity contribution in [3.63, 3.8) is 0 Å². The fourth-order valence-corrected chi connectivity index (χ4v) is 3.18. The normalized spacial score (nSPS) is 11.3. The minimum atomic E-state index is -5.01. The molecule has 4 rings (SSSR count). The molecule has 0 unspecified atom stereocenters. The van der Waals surface area contributed by atoms with Crippen LogP contribution in [0.5, 0.6) is 11.5 Å². The second kappa shape index (κ2) is 8.83. The monoisotopic (exact) mass is 489 g/mol.